The summed E-state index contributed by atoms with van der Waals surface area (Å²) >= 11 is 0. The fourth-order valence-electron chi connectivity index (χ4n) is 1.79. The normalized spacial score (nSPS) is 31.3. The molecule has 2 rings (SSSR count). The van der Waals surface area contributed by atoms with Crippen LogP contribution in [0.15, 0.2) is 18.6 Å². The number of hydrogen-bond donors (Lipinski definition) is 1. The molecule has 1 saturated carbocycles. The molecular formula is C9H10N2O2. The van der Waals surface area contributed by atoms with Gasteiger partial charge >= 0.3 is 5.97 Å². The van der Waals surface area contributed by atoms with Gasteiger partial charge in [0.15, 0.2) is 0 Å². The first-order chi connectivity index (χ1) is 6.22. The van der Waals surface area contributed by atoms with Crippen molar-refractivity contribution >= 4 is 5.97 Å². The first-order valence-electron chi connectivity index (χ1n) is 4.20. The highest BCUT2D eigenvalue weighted by atomic mass is 16.4. The smallest absolute Gasteiger partial charge is 0.307 e. The largest absolute Gasteiger partial charge is 0.481 e. The Balaban J connectivity index is 2.18. The van der Waals surface area contributed by atoms with Gasteiger partial charge in [0, 0.05) is 17.8 Å². The Kier molecular flexibility index (Phi) is 1.76. The van der Waals surface area contributed by atoms with Crippen LogP contribution in [0, 0.1) is 11.8 Å². The van der Waals surface area contributed by atoms with Crippen molar-refractivity contribution in [3.8, 4) is 0 Å². The zero-order valence-corrected chi connectivity index (χ0v) is 7.21. The molecule has 1 N–H and O–H groups in total. The molecule has 68 valence electrons. The van der Waals surface area contributed by atoms with Crippen molar-refractivity contribution in [1.29, 1.82) is 0 Å². The van der Waals surface area contributed by atoms with Crippen molar-refractivity contribution in [2.45, 2.75) is 12.8 Å². The molecule has 1 heterocycles. The highest BCUT2D eigenvalue weighted by Gasteiger charge is 2.53. The van der Waals surface area contributed by atoms with Gasteiger partial charge in [0.1, 0.15) is 6.33 Å². The van der Waals surface area contributed by atoms with Crippen LogP contribution in [0.4, 0.5) is 0 Å². The van der Waals surface area contributed by atoms with Crippen molar-refractivity contribution in [3.05, 3.63) is 24.3 Å². The summed E-state index contributed by atoms with van der Waals surface area (Å²) in [5, 5.41) is 8.81. The van der Waals surface area contributed by atoms with Gasteiger partial charge in [-0.15, -0.1) is 0 Å². The predicted octanol–water partition coefficient (Wildman–Crippen LogP) is 0.911. The zero-order chi connectivity index (χ0) is 9.42. The number of carbonyl (C=O) groups is 1. The fourth-order valence-corrected chi connectivity index (χ4v) is 1.79. The van der Waals surface area contributed by atoms with Crippen LogP contribution in [0.3, 0.4) is 0 Å². The van der Waals surface area contributed by atoms with E-state index in [1.807, 2.05) is 6.92 Å². The molecule has 0 radical (unpaired) electrons. The Morgan fingerprint density at radius 3 is 2.85 bits per heavy atom. The van der Waals surface area contributed by atoms with Gasteiger partial charge in [0.25, 0.3) is 0 Å². The maximum Gasteiger partial charge on any atom is 0.307 e. The van der Waals surface area contributed by atoms with Gasteiger partial charge in [0.2, 0.25) is 0 Å². The molecular weight excluding hydrogens is 168 g/mol. The summed E-state index contributed by atoms with van der Waals surface area (Å²) in [6.07, 6.45) is 3.10. The average Bonchev–Trinajstić information content (AvgIpc) is 2.79. The van der Waals surface area contributed by atoms with E-state index in [4.69, 9.17) is 5.11 Å². The molecule has 0 aromatic carbocycles. The molecule has 13 heavy (non-hydrogen) atoms. The van der Waals surface area contributed by atoms with Crippen LogP contribution >= 0.6 is 0 Å². The quantitative estimate of drug-likeness (QED) is 0.731. The highest BCUT2D eigenvalue weighted by molar-refractivity contribution is 5.75. The van der Waals surface area contributed by atoms with E-state index in [0.717, 1.165) is 5.69 Å². The van der Waals surface area contributed by atoms with E-state index in [2.05, 4.69) is 9.97 Å². The van der Waals surface area contributed by atoms with Crippen molar-refractivity contribution in [2.75, 3.05) is 0 Å². The fraction of sp³-hybridized carbons (Fsp3) is 0.444. The van der Waals surface area contributed by atoms with Gasteiger partial charge in [-0.25, -0.2) is 9.97 Å². The van der Waals surface area contributed by atoms with Crippen LogP contribution in [-0.2, 0) is 4.79 Å². The van der Waals surface area contributed by atoms with Gasteiger partial charge in [-0.2, -0.15) is 0 Å². The third-order valence-electron chi connectivity index (χ3n) is 2.61. The van der Waals surface area contributed by atoms with Crippen molar-refractivity contribution in [2.24, 2.45) is 11.8 Å². The van der Waals surface area contributed by atoms with Gasteiger partial charge in [-0.05, 0) is 12.0 Å². The molecule has 0 amide bonds. The van der Waals surface area contributed by atoms with E-state index in [0.29, 0.717) is 0 Å². The second-order valence-corrected chi connectivity index (χ2v) is 3.38. The highest BCUT2D eigenvalue weighted by Crippen LogP contribution is 2.52. The molecule has 1 aromatic rings. The Labute approximate surface area is 75.6 Å². The van der Waals surface area contributed by atoms with Crippen LogP contribution in [0.1, 0.15) is 18.5 Å². The SMILES string of the molecule is C[C@@H]1[C@@H](C(=O)O)[C@@H]1c1ccncn1. The van der Waals surface area contributed by atoms with E-state index >= 15 is 0 Å². The number of rotatable bonds is 2. The standard InChI is InChI=1S/C9H10N2O2/c1-5-7(8(5)9(12)13)6-2-3-10-4-11-6/h2-5,7-8H,1H3,(H,12,13)/t5-,7-,8+/m0/s1. The lowest BCUT2D eigenvalue weighted by Gasteiger charge is -1.94. The van der Waals surface area contributed by atoms with Crippen molar-refractivity contribution in [3.63, 3.8) is 0 Å². The van der Waals surface area contributed by atoms with Crippen LogP contribution in [-0.4, -0.2) is 21.0 Å². The third-order valence-corrected chi connectivity index (χ3v) is 2.61. The molecule has 3 atom stereocenters. The Morgan fingerprint density at radius 1 is 1.62 bits per heavy atom. The van der Waals surface area contributed by atoms with Crippen LogP contribution in [0.5, 0.6) is 0 Å². The second-order valence-electron chi connectivity index (χ2n) is 3.38. The van der Waals surface area contributed by atoms with Gasteiger partial charge < -0.3 is 5.11 Å². The molecule has 0 saturated heterocycles. The summed E-state index contributed by atoms with van der Waals surface area (Å²) in [6, 6.07) is 1.78. The Morgan fingerprint density at radius 2 is 2.38 bits per heavy atom. The first kappa shape index (κ1) is 8.16. The third kappa shape index (κ3) is 1.28. The number of aromatic nitrogens is 2. The number of hydrogen-bond acceptors (Lipinski definition) is 3. The zero-order valence-electron chi connectivity index (χ0n) is 7.21. The lowest BCUT2D eigenvalue weighted by molar-refractivity contribution is -0.138. The van der Waals surface area contributed by atoms with Gasteiger partial charge in [-0.1, -0.05) is 6.92 Å². The van der Waals surface area contributed by atoms with Crippen molar-refractivity contribution < 1.29 is 9.90 Å². The number of carboxylic acid groups (broad SMARTS) is 1. The first-order valence-corrected chi connectivity index (χ1v) is 4.20. The molecule has 1 fully saturated rings. The minimum atomic E-state index is -0.726. The molecule has 0 unspecified atom stereocenters. The second kappa shape index (κ2) is 2.80. The molecule has 1 aliphatic carbocycles. The lowest BCUT2D eigenvalue weighted by atomic mass is 10.2. The summed E-state index contributed by atoms with van der Waals surface area (Å²) < 4.78 is 0. The summed E-state index contributed by atoms with van der Waals surface area (Å²) in [5.41, 5.74) is 0.843. The maximum atomic E-state index is 10.7. The van der Waals surface area contributed by atoms with Crippen LogP contribution < -0.4 is 0 Å². The molecule has 0 aliphatic heterocycles. The summed E-state index contributed by atoms with van der Waals surface area (Å²) in [4.78, 5) is 18.6. The van der Waals surface area contributed by atoms with Gasteiger partial charge in [-0.3, -0.25) is 4.79 Å². The van der Waals surface area contributed by atoms with E-state index in [9.17, 15) is 4.79 Å². The minimum absolute atomic E-state index is 0.0838. The molecule has 0 bridgehead atoms. The molecule has 1 aliphatic rings. The monoisotopic (exact) mass is 178 g/mol. The Bertz CT molecular complexity index is 326. The number of aliphatic carboxylic acids is 1. The Hall–Kier alpha value is -1.45. The number of carboxylic acids is 1. The maximum absolute atomic E-state index is 10.7. The van der Waals surface area contributed by atoms with Gasteiger partial charge in [0.05, 0.1) is 5.92 Å². The van der Waals surface area contributed by atoms with Crippen molar-refractivity contribution in [1.82, 2.24) is 9.97 Å². The van der Waals surface area contributed by atoms with E-state index < -0.39 is 5.97 Å². The van der Waals surface area contributed by atoms with E-state index in [1.54, 1.807) is 12.3 Å². The number of nitrogens with zero attached hydrogens (tertiary/aromatic N) is 2. The minimum Gasteiger partial charge on any atom is -0.481 e. The molecule has 0 spiro atoms. The molecule has 4 nitrogen and oxygen atoms in total. The van der Waals surface area contributed by atoms with E-state index in [-0.39, 0.29) is 17.8 Å². The predicted molar refractivity (Wildman–Crippen MR) is 45.1 cm³/mol. The summed E-state index contributed by atoms with van der Waals surface area (Å²) in [6.45, 7) is 1.94. The van der Waals surface area contributed by atoms with Crippen LogP contribution in [0.2, 0.25) is 0 Å². The molecule has 1 aromatic heterocycles. The summed E-state index contributed by atoms with van der Waals surface area (Å²) in [5.74, 6) is -0.695. The summed E-state index contributed by atoms with van der Waals surface area (Å²) in [7, 11) is 0. The van der Waals surface area contributed by atoms with Crippen LogP contribution in [0.25, 0.3) is 0 Å². The topological polar surface area (TPSA) is 63.1 Å². The average molecular weight is 178 g/mol. The van der Waals surface area contributed by atoms with E-state index in [1.165, 1.54) is 6.33 Å². The molecule has 4 heteroatoms. The lowest BCUT2D eigenvalue weighted by Crippen LogP contribution is -2.00.